The summed E-state index contributed by atoms with van der Waals surface area (Å²) in [5.74, 6) is -1.24. The minimum atomic E-state index is -0.845. The first kappa shape index (κ1) is 24.1. The molecule has 180 valence electrons. The van der Waals surface area contributed by atoms with Gasteiger partial charge in [-0.05, 0) is 72.0 Å². The molecule has 0 aliphatic carbocycles. The minimum Gasteiger partial charge on any atom is -0.507 e. The number of carbonyl (C=O) groups is 2. The van der Waals surface area contributed by atoms with Crippen LogP contribution in [0.25, 0.3) is 5.76 Å². The average Bonchev–Trinajstić information content (AvgIpc) is 3.09. The molecule has 1 aliphatic heterocycles. The Morgan fingerprint density at radius 2 is 1.80 bits per heavy atom. The Balaban J connectivity index is 1.78. The van der Waals surface area contributed by atoms with E-state index in [1.165, 1.54) is 29.2 Å². The van der Waals surface area contributed by atoms with E-state index in [-0.39, 0.29) is 23.4 Å². The fraction of sp³-hybridized carbons (Fsp3) is 0.250. The van der Waals surface area contributed by atoms with Gasteiger partial charge in [0.05, 0.1) is 18.2 Å². The molecule has 1 N–H and O–H groups in total. The quantitative estimate of drug-likeness (QED) is 0.273. The molecule has 1 aromatic heterocycles. The molecular formula is C28H27FN2O4. The molecule has 0 spiro atoms. The maximum absolute atomic E-state index is 13.5. The number of hydrogen-bond donors (Lipinski definition) is 1. The molecule has 3 aromatic rings. The number of benzene rings is 2. The van der Waals surface area contributed by atoms with Gasteiger partial charge in [-0.2, -0.15) is 0 Å². The molecule has 1 fully saturated rings. The van der Waals surface area contributed by atoms with Gasteiger partial charge < -0.3 is 14.7 Å². The minimum absolute atomic E-state index is 0.0463. The van der Waals surface area contributed by atoms with Crippen LogP contribution in [-0.4, -0.2) is 33.3 Å². The van der Waals surface area contributed by atoms with E-state index in [9.17, 15) is 19.1 Å². The second kappa shape index (κ2) is 10.5. The second-order valence-electron chi connectivity index (χ2n) is 8.89. The summed E-state index contributed by atoms with van der Waals surface area (Å²) >= 11 is 0. The van der Waals surface area contributed by atoms with Crippen LogP contribution in [0.5, 0.6) is 5.75 Å². The predicted molar refractivity (Wildman–Crippen MR) is 130 cm³/mol. The van der Waals surface area contributed by atoms with E-state index in [0.29, 0.717) is 23.8 Å². The van der Waals surface area contributed by atoms with Gasteiger partial charge in [-0.3, -0.25) is 14.6 Å². The number of likely N-dealkylation sites (tertiary alicyclic amines) is 1. The number of amides is 1. The van der Waals surface area contributed by atoms with Crippen molar-refractivity contribution in [2.24, 2.45) is 5.92 Å². The Hall–Kier alpha value is -4.00. The van der Waals surface area contributed by atoms with Crippen molar-refractivity contribution in [2.45, 2.75) is 32.9 Å². The number of ether oxygens (including phenoxy) is 1. The molecule has 1 amide bonds. The number of rotatable bonds is 8. The fourth-order valence-corrected chi connectivity index (χ4v) is 4.02. The smallest absolute Gasteiger partial charge is 0.295 e. The number of ketones is 1. The molecule has 0 saturated carbocycles. The highest BCUT2D eigenvalue weighted by Gasteiger charge is 2.46. The van der Waals surface area contributed by atoms with Crippen molar-refractivity contribution >= 4 is 17.4 Å². The van der Waals surface area contributed by atoms with Gasteiger partial charge in [-0.1, -0.05) is 26.0 Å². The zero-order valence-electron chi connectivity index (χ0n) is 19.6. The van der Waals surface area contributed by atoms with Gasteiger partial charge in [0, 0.05) is 24.5 Å². The Morgan fingerprint density at radius 3 is 2.49 bits per heavy atom. The van der Waals surface area contributed by atoms with E-state index < -0.39 is 23.5 Å². The van der Waals surface area contributed by atoms with Crippen LogP contribution < -0.4 is 4.74 Å². The first-order chi connectivity index (χ1) is 16.8. The summed E-state index contributed by atoms with van der Waals surface area (Å²) in [4.78, 5) is 31.8. The lowest BCUT2D eigenvalue weighted by Gasteiger charge is -2.26. The van der Waals surface area contributed by atoms with Crippen molar-refractivity contribution in [1.29, 1.82) is 0 Å². The molecule has 35 heavy (non-hydrogen) atoms. The summed E-state index contributed by atoms with van der Waals surface area (Å²) in [7, 11) is 0. The van der Waals surface area contributed by atoms with Crippen LogP contribution in [0, 0.1) is 11.7 Å². The molecule has 1 aliphatic rings. The third-order valence-electron chi connectivity index (χ3n) is 5.90. The number of halogens is 1. The normalized spacial score (nSPS) is 17.3. The van der Waals surface area contributed by atoms with Gasteiger partial charge in [-0.25, -0.2) is 4.39 Å². The monoisotopic (exact) mass is 474 g/mol. The summed E-state index contributed by atoms with van der Waals surface area (Å²) in [6, 6.07) is 15.0. The fourth-order valence-electron chi connectivity index (χ4n) is 4.02. The van der Waals surface area contributed by atoms with Gasteiger partial charge in [0.25, 0.3) is 11.7 Å². The molecule has 1 unspecified atom stereocenters. The van der Waals surface area contributed by atoms with E-state index in [4.69, 9.17) is 4.74 Å². The first-order valence-electron chi connectivity index (χ1n) is 11.5. The number of Topliss-reactive ketones (excluding diaryl/α,β-unsaturated/α-hetero) is 1. The van der Waals surface area contributed by atoms with Crippen LogP contribution in [0.15, 0.2) is 78.6 Å². The van der Waals surface area contributed by atoms with Crippen molar-refractivity contribution in [1.82, 2.24) is 9.88 Å². The molecule has 2 heterocycles. The molecule has 0 bridgehead atoms. The number of nitrogens with zero attached hydrogens (tertiary/aromatic N) is 2. The molecule has 7 heteroatoms. The van der Waals surface area contributed by atoms with Gasteiger partial charge in [-0.15, -0.1) is 0 Å². The Kier molecular flexibility index (Phi) is 7.25. The number of aliphatic hydroxyl groups excluding tert-OH is 1. The second-order valence-corrected chi connectivity index (χ2v) is 8.89. The van der Waals surface area contributed by atoms with E-state index in [0.717, 1.165) is 12.0 Å². The maximum Gasteiger partial charge on any atom is 0.295 e. The summed E-state index contributed by atoms with van der Waals surface area (Å²) < 4.78 is 19.4. The summed E-state index contributed by atoms with van der Waals surface area (Å²) in [6.45, 7) is 4.91. The number of pyridine rings is 1. The highest BCUT2D eigenvalue weighted by molar-refractivity contribution is 6.46. The van der Waals surface area contributed by atoms with Crippen molar-refractivity contribution in [2.75, 3.05) is 6.61 Å². The van der Waals surface area contributed by atoms with Gasteiger partial charge in [0.2, 0.25) is 0 Å². The Morgan fingerprint density at radius 1 is 1.09 bits per heavy atom. The third-order valence-corrected chi connectivity index (χ3v) is 5.90. The number of hydrogen-bond acceptors (Lipinski definition) is 5. The molecular weight excluding hydrogens is 447 g/mol. The first-order valence-corrected chi connectivity index (χ1v) is 11.5. The lowest BCUT2D eigenvalue weighted by Crippen LogP contribution is -2.29. The maximum atomic E-state index is 13.5. The van der Waals surface area contributed by atoms with Crippen LogP contribution in [0.4, 0.5) is 4.39 Å². The average molecular weight is 475 g/mol. The van der Waals surface area contributed by atoms with Gasteiger partial charge in [0.15, 0.2) is 0 Å². The summed E-state index contributed by atoms with van der Waals surface area (Å²) in [5.41, 5.74) is 1.62. The number of aliphatic hydroxyl groups is 1. The molecule has 0 radical (unpaired) electrons. The van der Waals surface area contributed by atoms with E-state index in [1.807, 2.05) is 6.07 Å². The largest absolute Gasteiger partial charge is 0.507 e. The van der Waals surface area contributed by atoms with Crippen LogP contribution in [-0.2, 0) is 16.1 Å². The van der Waals surface area contributed by atoms with Crippen LogP contribution in [0.3, 0.4) is 0 Å². The van der Waals surface area contributed by atoms with Gasteiger partial charge >= 0.3 is 0 Å². The summed E-state index contributed by atoms with van der Waals surface area (Å²) in [6.07, 6.45) is 4.11. The third kappa shape index (κ3) is 5.40. The van der Waals surface area contributed by atoms with E-state index in [2.05, 4.69) is 18.8 Å². The standard InChI is InChI=1S/C28H27FN2O4/c1-18(2)12-15-35-23-5-3-4-21(16-23)25-24(26(32)20-6-8-22(29)9-7-20)27(33)28(34)31(25)17-19-10-13-30-14-11-19/h3-11,13-14,16,18,25,32H,12,15,17H2,1-2H3/b26-24+. The zero-order chi connectivity index (χ0) is 24.9. The highest BCUT2D eigenvalue weighted by atomic mass is 19.1. The molecule has 2 aromatic carbocycles. The zero-order valence-corrected chi connectivity index (χ0v) is 19.6. The van der Waals surface area contributed by atoms with Crippen molar-refractivity contribution in [3.05, 3.63) is 101 Å². The topological polar surface area (TPSA) is 79.7 Å². The molecule has 4 rings (SSSR count). The van der Waals surface area contributed by atoms with Crippen LogP contribution in [0.1, 0.15) is 43.0 Å². The number of carbonyl (C=O) groups excluding carboxylic acids is 2. The van der Waals surface area contributed by atoms with Crippen LogP contribution in [0.2, 0.25) is 0 Å². The lowest BCUT2D eigenvalue weighted by molar-refractivity contribution is -0.140. The van der Waals surface area contributed by atoms with Crippen molar-refractivity contribution in [3.8, 4) is 5.75 Å². The number of aromatic nitrogens is 1. The SMILES string of the molecule is CC(C)CCOc1cccc(C2/C(=C(\O)c3ccc(F)cc3)C(=O)C(=O)N2Cc2ccncc2)c1. The van der Waals surface area contributed by atoms with E-state index >= 15 is 0 Å². The van der Waals surface area contributed by atoms with Crippen molar-refractivity contribution < 1.29 is 23.8 Å². The van der Waals surface area contributed by atoms with E-state index in [1.54, 1.807) is 42.7 Å². The lowest BCUT2D eigenvalue weighted by atomic mass is 9.95. The predicted octanol–water partition coefficient (Wildman–Crippen LogP) is 5.27. The Labute approximate surface area is 203 Å². The summed E-state index contributed by atoms with van der Waals surface area (Å²) in [5, 5.41) is 11.1. The molecule has 1 saturated heterocycles. The van der Waals surface area contributed by atoms with Crippen molar-refractivity contribution in [3.63, 3.8) is 0 Å². The molecule has 1 atom stereocenters. The highest BCUT2D eigenvalue weighted by Crippen LogP contribution is 2.41. The molecule has 6 nitrogen and oxygen atoms in total. The van der Waals surface area contributed by atoms with Gasteiger partial charge in [0.1, 0.15) is 17.3 Å². The van der Waals surface area contributed by atoms with Crippen LogP contribution >= 0.6 is 0 Å². The Bertz CT molecular complexity index is 1240.